The van der Waals surface area contributed by atoms with Crippen LogP contribution in [0.2, 0.25) is 0 Å². The first-order valence-corrected chi connectivity index (χ1v) is 9.04. The van der Waals surface area contributed by atoms with Crippen LogP contribution in [0.25, 0.3) is 16.2 Å². The number of anilines is 1. The van der Waals surface area contributed by atoms with Crippen molar-refractivity contribution in [2.24, 2.45) is 0 Å². The third-order valence-electron chi connectivity index (χ3n) is 4.11. The summed E-state index contributed by atoms with van der Waals surface area (Å²) in [6, 6.07) is 12.8. The highest BCUT2D eigenvalue weighted by molar-refractivity contribution is 7.15. The molecular formula is C20H14FN3O2S. The number of halogens is 1. The molecule has 0 unspecified atom stereocenters. The van der Waals surface area contributed by atoms with Crippen LogP contribution < -0.4 is 5.32 Å². The van der Waals surface area contributed by atoms with E-state index in [0.717, 1.165) is 5.56 Å². The number of rotatable bonds is 4. The zero-order chi connectivity index (χ0) is 19.0. The summed E-state index contributed by atoms with van der Waals surface area (Å²) in [6.45, 7) is 1.48. The number of amides is 1. The molecule has 2 heterocycles. The van der Waals surface area contributed by atoms with Crippen LogP contribution in [0.4, 0.5) is 10.1 Å². The number of nitrogens with zero attached hydrogens (tertiary/aromatic N) is 2. The van der Waals surface area contributed by atoms with E-state index in [1.807, 2.05) is 0 Å². The third kappa shape index (κ3) is 3.37. The van der Waals surface area contributed by atoms with Crippen LogP contribution in [-0.4, -0.2) is 21.1 Å². The molecule has 0 aliphatic carbocycles. The molecule has 2 aromatic heterocycles. The Labute approximate surface area is 158 Å². The lowest BCUT2D eigenvalue weighted by atomic mass is 10.1. The van der Waals surface area contributed by atoms with Gasteiger partial charge in [-0.15, -0.1) is 11.3 Å². The van der Waals surface area contributed by atoms with E-state index in [9.17, 15) is 14.0 Å². The molecule has 0 saturated heterocycles. The first kappa shape index (κ1) is 17.1. The van der Waals surface area contributed by atoms with Gasteiger partial charge in [0, 0.05) is 28.4 Å². The van der Waals surface area contributed by atoms with Crippen LogP contribution in [0.15, 0.2) is 60.1 Å². The van der Waals surface area contributed by atoms with E-state index in [2.05, 4.69) is 10.3 Å². The predicted molar refractivity (Wildman–Crippen MR) is 103 cm³/mol. The molecule has 1 N–H and O–H groups in total. The highest BCUT2D eigenvalue weighted by atomic mass is 32.1. The fourth-order valence-electron chi connectivity index (χ4n) is 2.72. The fraction of sp³-hybridized carbons (Fsp3) is 0.0500. The summed E-state index contributed by atoms with van der Waals surface area (Å²) in [4.78, 5) is 29.3. The van der Waals surface area contributed by atoms with E-state index in [0.29, 0.717) is 27.6 Å². The van der Waals surface area contributed by atoms with Crippen molar-refractivity contribution < 1.29 is 14.0 Å². The Morgan fingerprint density at radius 2 is 1.93 bits per heavy atom. The summed E-state index contributed by atoms with van der Waals surface area (Å²) in [7, 11) is 0. The fourth-order valence-corrected chi connectivity index (χ4v) is 3.57. The van der Waals surface area contributed by atoms with Crippen LogP contribution in [0, 0.1) is 5.82 Å². The number of imidazole rings is 1. The predicted octanol–water partition coefficient (Wildman–Crippen LogP) is 4.66. The molecule has 0 saturated carbocycles. The maximum atomic E-state index is 13.1. The number of hydrogen-bond acceptors (Lipinski definition) is 4. The number of aromatic nitrogens is 2. The third-order valence-corrected chi connectivity index (χ3v) is 4.95. The summed E-state index contributed by atoms with van der Waals surface area (Å²) >= 11 is 1.34. The lowest BCUT2D eigenvalue weighted by Gasteiger charge is -2.05. The molecule has 7 heteroatoms. The second kappa shape index (κ2) is 6.77. The van der Waals surface area contributed by atoms with Gasteiger partial charge in [0.2, 0.25) is 0 Å². The number of Topliss-reactive ketones (excluding diaryl/α,β-unsaturated/α-hetero) is 1. The van der Waals surface area contributed by atoms with E-state index in [1.165, 1.54) is 30.4 Å². The zero-order valence-corrected chi connectivity index (χ0v) is 15.1. The van der Waals surface area contributed by atoms with E-state index < -0.39 is 0 Å². The molecule has 0 aliphatic heterocycles. The number of nitrogens with one attached hydrogen (secondary N) is 1. The zero-order valence-electron chi connectivity index (χ0n) is 14.3. The Morgan fingerprint density at radius 3 is 2.67 bits per heavy atom. The highest BCUT2D eigenvalue weighted by Gasteiger charge is 2.16. The molecule has 0 aliphatic rings. The van der Waals surface area contributed by atoms with Crippen molar-refractivity contribution in [2.45, 2.75) is 6.92 Å². The molecule has 27 heavy (non-hydrogen) atoms. The van der Waals surface area contributed by atoms with Crippen molar-refractivity contribution in [1.29, 1.82) is 0 Å². The summed E-state index contributed by atoms with van der Waals surface area (Å²) < 4.78 is 14.8. The van der Waals surface area contributed by atoms with Crippen molar-refractivity contribution in [3.8, 4) is 11.3 Å². The SMILES string of the molecule is CC(=O)c1cccc(NC(=O)c2csc3nc(-c4ccc(F)cc4)cn23)c1. The minimum absolute atomic E-state index is 0.0671. The molecule has 4 aromatic rings. The maximum absolute atomic E-state index is 13.1. The molecule has 4 rings (SSSR count). The molecule has 0 atom stereocenters. The molecule has 0 bridgehead atoms. The van der Waals surface area contributed by atoms with Crippen molar-refractivity contribution in [3.63, 3.8) is 0 Å². The molecular weight excluding hydrogens is 365 g/mol. The van der Waals surface area contributed by atoms with Gasteiger partial charge < -0.3 is 5.32 Å². The minimum Gasteiger partial charge on any atom is -0.321 e. The number of thiazole rings is 1. The van der Waals surface area contributed by atoms with Gasteiger partial charge in [0.1, 0.15) is 11.5 Å². The lowest BCUT2D eigenvalue weighted by Crippen LogP contribution is -2.14. The van der Waals surface area contributed by atoms with Crippen molar-refractivity contribution in [3.05, 3.63) is 77.2 Å². The Balaban J connectivity index is 1.63. The first-order valence-electron chi connectivity index (χ1n) is 8.16. The topological polar surface area (TPSA) is 63.5 Å². The smallest absolute Gasteiger partial charge is 0.273 e. The average molecular weight is 379 g/mol. The molecule has 0 spiro atoms. The van der Waals surface area contributed by atoms with Crippen LogP contribution in [0.5, 0.6) is 0 Å². The lowest BCUT2D eigenvalue weighted by molar-refractivity contribution is 0.100. The van der Waals surface area contributed by atoms with Gasteiger partial charge in [0.25, 0.3) is 5.91 Å². The normalized spacial score (nSPS) is 10.9. The van der Waals surface area contributed by atoms with Crippen LogP contribution >= 0.6 is 11.3 Å². The van der Waals surface area contributed by atoms with Gasteiger partial charge in [0.05, 0.1) is 5.69 Å². The van der Waals surface area contributed by atoms with Gasteiger partial charge in [0.15, 0.2) is 10.7 Å². The molecule has 5 nitrogen and oxygen atoms in total. The van der Waals surface area contributed by atoms with Gasteiger partial charge in [-0.3, -0.25) is 14.0 Å². The van der Waals surface area contributed by atoms with Crippen LogP contribution in [0.1, 0.15) is 27.8 Å². The molecule has 2 aromatic carbocycles. The van der Waals surface area contributed by atoms with Gasteiger partial charge in [-0.25, -0.2) is 9.37 Å². The molecule has 0 fully saturated rings. The van der Waals surface area contributed by atoms with E-state index in [-0.39, 0.29) is 17.5 Å². The van der Waals surface area contributed by atoms with Gasteiger partial charge in [-0.05, 0) is 43.3 Å². The first-order chi connectivity index (χ1) is 13.0. The maximum Gasteiger partial charge on any atom is 0.273 e. The molecule has 134 valence electrons. The summed E-state index contributed by atoms with van der Waals surface area (Å²) in [5, 5.41) is 4.53. The van der Waals surface area contributed by atoms with Gasteiger partial charge in [-0.1, -0.05) is 12.1 Å². The highest BCUT2D eigenvalue weighted by Crippen LogP contribution is 2.24. The standard InChI is InChI=1S/C20H14FN3O2S/c1-12(25)14-3-2-4-16(9-14)22-19(26)18-11-27-20-23-17(10-24(18)20)13-5-7-15(21)8-6-13/h2-11H,1H3,(H,22,26). The summed E-state index contributed by atoms with van der Waals surface area (Å²) in [5.41, 5.74) is 2.95. The van der Waals surface area contributed by atoms with Crippen LogP contribution in [0.3, 0.4) is 0 Å². The van der Waals surface area contributed by atoms with Gasteiger partial charge in [-0.2, -0.15) is 0 Å². The summed E-state index contributed by atoms with van der Waals surface area (Å²) in [6.07, 6.45) is 1.75. The van der Waals surface area contributed by atoms with E-state index >= 15 is 0 Å². The minimum atomic E-state index is -0.312. The van der Waals surface area contributed by atoms with Crippen molar-refractivity contribution >= 4 is 33.7 Å². The Morgan fingerprint density at radius 1 is 1.15 bits per heavy atom. The van der Waals surface area contributed by atoms with E-state index in [4.69, 9.17) is 0 Å². The quantitative estimate of drug-likeness (QED) is 0.525. The largest absolute Gasteiger partial charge is 0.321 e. The van der Waals surface area contributed by atoms with E-state index in [1.54, 1.807) is 52.4 Å². The van der Waals surface area contributed by atoms with Crippen molar-refractivity contribution in [2.75, 3.05) is 5.32 Å². The second-order valence-corrected chi connectivity index (χ2v) is 6.83. The number of carbonyl (C=O) groups is 2. The van der Waals surface area contributed by atoms with Crippen LogP contribution in [-0.2, 0) is 0 Å². The Kier molecular flexibility index (Phi) is 4.29. The number of fused-ring (bicyclic) bond motifs is 1. The number of carbonyl (C=O) groups excluding carboxylic acids is 2. The van der Waals surface area contributed by atoms with Crippen molar-refractivity contribution in [1.82, 2.24) is 9.38 Å². The molecule has 0 radical (unpaired) electrons. The van der Waals surface area contributed by atoms with Gasteiger partial charge >= 0.3 is 0 Å². The number of hydrogen-bond donors (Lipinski definition) is 1. The monoisotopic (exact) mass is 379 g/mol. The Bertz CT molecular complexity index is 1160. The number of benzene rings is 2. The Hall–Kier alpha value is -3.32. The molecule has 1 amide bonds. The number of ketones is 1. The summed E-state index contributed by atoms with van der Waals surface area (Å²) in [5.74, 6) is -0.680. The average Bonchev–Trinajstić information content (AvgIpc) is 3.23. The second-order valence-electron chi connectivity index (χ2n) is 6.00.